The fourth-order valence-electron chi connectivity index (χ4n) is 1.80. The smallest absolute Gasteiger partial charge is 0.387 e. The van der Waals surface area contributed by atoms with Gasteiger partial charge in [0.25, 0.3) is 0 Å². The van der Waals surface area contributed by atoms with E-state index in [1.54, 1.807) is 12.1 Å². The summed E-state index contributed by atoms with van der Waals surface area (Å²) in [6, 6.07) is 6.91. The highest BCUT2D eigenvalue weighted by Crippen LogP contribution is 2.31. The maximum atomic E-state index is 12.2. The van der Waals surface area contributed by atoms with Gasteiger partial charge in [-0.1, -0.05) is 31.0 Å². The Balaban J connectivity index is 1.80. The summed E-state index contributed by atoms with van der Waals surface area (Å²) in [6.07, 6.45) is 3.86. The lowest BCUT2D eigenvalue weighted by Crippen LogP contribution is -2.16. The molecule has 1 N–H and O–H groups in total. The molecular weight excluding hydrogens is 224 g/mol. The molecule has 0 aromatic heterocycles. The zero-order valence-corrected chi connectivity index (χ0v) is 9.66. The van der Waals surface area contributed by atoms with Crippen molar-refractivity contribution in [3.8, 4) is 5.75 Å². The molecule has 4 heteroatoms. The number of ether oxygens (including phenoxy) is 1. The van der Waals surface area contributed by atoms with E-state index in [1.165, 1.54) is 19.3 Å². The first-order valence-electron chi connectivity index (χ1n) is 5.99. The number of hydrogen-bond acceptors (Lipinski definition) is 2. The zero-order chi connectivity index (χ0) is 12.1. The first kappa shape index (κ1) is 12.3. The highest BCUT2D eigenvalue weighted by Gasteiger charge is 2.20. The molecule has 0 amide bonds. The number of alkyl halides is 2. The predicted octanol–water partition coefficient (Wildman–Crippen LogP) is 3.18. The van der Waals surface area contributed by atoms with E-state index in [2.05, 4.69) is 10.1 Å². The summed E-state index contributed by atoms with van der Waals surface area (Å²) in [5, 5.41) is 3.26. The number of benzene rings is 1. The first-order valence-corrected chi connectivity index (χ1v) is 5.99. The van der Waals surface area contributed by atoms with Gasteiger partial charge in [0.15, 0.2) is 0 Å². The third-order valence-electron chi connectivity index (χ3n) is 2.93. The summed E-state index contributed by atoms with van der Waals surface area (Å²) < 4.78 is 28.8. The number of rotatable bonds is 7. The van der Waals surface area contributed by atoms with Crippen molar-refractivity contribution in [2.24, 2.45) is 5.92 Å². The standard InChI is InChI=1S/C13H17F2NO/c14-13(15)17-12-4-2-1-3-11(12)9-16-8-7-10-5-6-10/h1-4,10,13,16H,5-9H2. The van der Waals surface area contributed by atoms with E-state index in [1.807, 2.05) is 12.1 Å². The molecule has 1 aromatic carbocycles. The van der Waals surface area contributed by atoms with Gasteiger partial charge in [0.2, 0.25) is 0 Å². The number of para-hydroxylation sites is 1. The number of hydrogen-bond donors (Lipinski definition) is 1. The van der Waals surface area contributed by atoms with Crippen LogP contribution in [-0.4, -0.2) is 13.2 Å². The Morgan fingerprint density at radius 3 is 2.76 bits per heavy atom. The van der Waals surface area contributed by atoms with Gasteiger partial charge in [-0.15, -0.1) is 0 Å². The van der Waals surface area contributed by atoms with Crippen molar-refractivity contribution in [1.82, 2.24) is 5.32 Å². The van der Waals surface area contributed by atoms with Gasteiger partial charge in [-0.25, -0.2) is 0 Å². The molecule has 17 heavy (non-hydrogen) atoms. The zero-order valence-electron chi connectivity index (χ0n) is 9.66. The lowest BCUT2D eigenvalue weighted by molar-refractivity contribution is -0.0504. The van der Waals surface area contributed by atoms with E-state index in [0.29, 0.717) is 6.54 Å². The summed E-state index contributed by atoms with van der Waals surface area (Å²) in [7, 11) is 0. The van der Waals surface area contributed by atoms with Gasteiger partial charge in [0.1, 0.15) is 5.75 Å². The summed E-state index contributed by atoms with van der Waals surface area (Å²) in [5.41, 5.74) is 0.781. The van der Waals surface area contributed by atoms with Crippen LogP contribution in [0.15, 0.2) is 24.3 Å². The van der Waals surface area contributed by atoms with Crippen LogP contribution >= 0.6 is 0 Å². The van der Waals surface area contributed by atoms with Crippen LogP contribution < -0.4 is 10.1 Å². The van der Waals surface area contributed by atoms with Gasteiger partial charge < -0.3 is 10.1 Å². The second kappa shape index (κ2) is 5.96. The molecule has 0 radical (unpaired) electrons. The molecule has 1 aliphatic rings. The van der Waals surface area contributed by atoms with E-state index in [0.717, 1.165) is 18.0 Å². The Kier molecular flexibility index (Phi) is 4.31. The SMILES string of the molecule is FC(F)Oc1ccccc1CNCCC1CC1. The van der Waals surface area contributed by atoms with Crippen LogP contribution in [0.4, 0.5) is 8.78 Å². The maximum Gasteiger partial charge on any atom is 0.387 e. The van der Waals surface area contributed by atoms with Crippen LogP contribution in [0.1, 0.15) is 24.8 Å². The maximum absolute atomic E-state index is 12.2. The van der Waals surface area contributed by atoms with Crippen molar-refractivity contribution >= 4 is 0 Å². The molecule has 0 aliphatic heterocycles. The van der Waals surface area contributed by atoms with Crippen molar-refractivity contribution < 1.29 is 13.5 Å². The van der Waals surface area contributed by atoms with Gasteiger partial charge in [-0.2, -0.15) is 8.78 Å². The van der Waals surface area contributed by atoms with E-state index in [9.17, 15) is 8.78 Å². The van der Waals surface area contributed by atoms with Gasteiger partial charge in [0, 0.05) is 12.1 Å². The van der Waals surface area contributed by atoms with E-state index in [-0.39, 0.29) is 5.75 Å². The van der Waals surface area contributed by atoms with E-state index in [4.69, 9.17) is 0 Å². The Labute approximate surface area is 100.0 Å². The molecule has 0 atom stereocenters. The molecule has 0 saturated heterocycles. The minimum Gasteiger partial charge on any atom is -0.434 e. The third-order valence-corrected chi connectivity index (χ3v) is 2.93. The van der Waals surface area contributed by atoms with Crippen molar-refractivity contribution in [3.63, 3.8) is 0 Å². The van der Waals surface area contributed by atoms with E-state index < -0.39 is 6.61 Å². The lowest BCUT2D eigenvalue weighted by atomic mass is 10.2. The van der Waals surface area contributed by atoms with Crippen LogP contribution in [0.3, 0.4) is 0 Å². The highest BCUT2D eigenvalue weighted by atomic mass is 19.3. The second-order valence-electron chi connectivity index (χ2n) is 4.40. The fraction of sp³-hybridized carbons (Fsp3) is 0.538. The number of nitrogens with one attached hydrogen (secondary N) is 1. The average Bonchev–Trinajstić information content (AvgIpc) is 3.09. The lowest BCUT2D eigenvalue weighted by Gasteiger charge is -2.11. The van der Waals surface area contributed by atoms with Gasteiger partial charge >= 0.3 is 6.61 Å². The summed E-state index contributed by atoms with van der Waals surface area (Å²) in [6.45, 7) is -1.24. The quantitative estimate of drug-likeness (QED) is 0.740. The Bertz CT molecular complexity index is 353. The van der Waals surface area contributed by atoms with Crippen molar-refractivity contribution in [2.45, 2.75) is 32.4 Å². The fourth-order valence-corrected chi connectivity index (χ4v) is 1.80. The average molecular weight is 241 g/mol. The first-order chi connectivity index (χ1) is 8.25. The summed E-state index contributed by atoms with van der Waals surface area (Å²) in [5.74, 6) is 1.15. The molecule has 1 aliphatic carbocycles. The molecule has 2 rings (SSSR count). The molecular formula is C13H17F2NO. The van der Waals surface area contributed by atoms with Crippen molar-refractivity contribution in [3.05, 3.63) is 29.8 Å². The van der Waals surface area contributed by atoms with Crippen LogP contribution in [0.2, 0.25) is 0 Å². The third kappa shape index (κ3) is 4.30. The molecule has 0 heterocycles. The molecule has 0 bridgehead atoms. The molecule has 2 nitrogen and oxygen atoms in total. The van der Waals surface area contributed by atoms with Gasteiger partial charge in [-0.3, -0.25) is 0 Å². The molecule has 1 saturated carbocycles. The van der Waals surface area contributed by atoms with Crippen LogP contribution in [0.25, 0.3) is 0 Å². The van der Waals surface area contributed by atoms with Crippen molar-refractivity contribution in [1.29, 1.82) is 0 Å². The van der Waals surface area contributed by atoms with Crippen LogP contribution in [0, 0.1) is 5.92 Å². The molecule has 94 valence electrons. The van der Waals surface area contributed by atoms with Crippen LogP contribution in [0.5, 0.6) is 5.75 Å². The van der Waals surface area contributed by atoms with Crippen LogP contribution in [-0.2, 0) is 6.54 Å². The summed E-state index contributed by atoms with van der Waals surface area (Å²) in [4.78, 5) is 0. The Morgan fingerprint density at radius 1 is 1.29 bits per heavy atom. The Morgan fingerprint density at radius 2 is 2.06 bits per heavy atom. The second-order valence-corrected chi connectivity index (χ2v) is 4.40. The largest absolute Gasteiger partial charge is 0.434 e. The molecule has 0 spiro atoms. The molecule has 0 unspecified atom stereocenters. The van der Waals surface area contributed by atoms with Gasteiger partial charge in [0.05, 0.1) is 0 Å². The normalized spacial score (nSPS) is 15.2. The minimum atomic E-state index is -2.76. The molecule has 1 fully saturated rings. The van der Waals surface area contributed by atoms with Crippen molar-refractivity contribution in [2.75, 3.05) is 6.54 Å². The monoisotopic (exact) mass is 241 g/mol. The van der Waals surface area contributed by atoms with E-state index >= 15 is 0 Å². The topological polar surface area (TPSA) is 21.3 Å². The minimum absolute atomic E-state index is 0.265. The Hall–Kier alpha value is -1.16. The van der Waals surface area contributed by atoms with Gasteiger partial charge in [-0.05, 0) is 24.9 Å². The number of halogens is 2. The predicted molar refractivity (Wildman–Crippen MR) is 62.1 cm³/mol. The highest BCUT2D eigenvalue weighted by molar-refractivity contribution is 5.33. The molecule has 1 aromatic rings. The summed E-state index contributed by atoms with van der Waals surface area (Å²) >= 11 is 0.